The molecule has 0 aliphatic carbocycles. The van der Waals surface area contributed by atoms with Gasteiger partial charge in [0.2, 0.25) is 5.91 Å². The van der Waals surface area contributed by atoms with E-state index in [2.05, 4.69) is 45.6 Å². The van der Waals surface area contributed by atoms with Gasteiger partial charge < -0.3 is 10.6 Å². The predicted octanol–water partition coefficient (Wildman–Crippen LogP) is 2.84. The second kappa shape index (κ2) is 9.34. The maximum Gasteiger partial charge on any atom is 0.220 e. The van der Waals surface area contributed by atoms with Crippen molar-refractivity contribution in [1.29, 1.82) is 0 Å². The first-order valence-corrected chi connectivity index (χ1v) is 7.01. The molecule has 0 spiro atoms. The van der Waals surface area contributed by atoms with E-state index in [4.69, 9.17) is 0 Å². The second-order valence-corrected chi connectivity index (χ2v) is 5.43. The Balaban J connectivity index is 0.00000324. The van der Waals surface area contributed by atoms with Gasteiger partial charge in [0.05, 0.1) is 0 Å². The third-order valence-electron chi connectivity index (χ3n) is 2.96. The summed E-state index contributed by atoms with van der Waals surface area (Å²) in [6.45, 7) is 4.77. The van der Waals surface area contributed by atoms with Gasteiger partial charge in [-0.25, -0.2) is 0 Å². The summed E-state index contributed by atoms with van der Waals surface area (Å²) in [6.07, 6.45) is 1.32. The van der Waals surface area contributed by atoms with E-state index in [0.717, 1.165) is 10.9 Å². The fraction of sp³-hybridized carbons (Fsp3) is 0.500. The van der Waals surface area contributed by atoms with E-state index in [1.807, 2.05) is 20.0 Å². The Morgan fingerprint density at radius 2 is 2.11 bits per heavy atom. The molecule has 1 amide bonds. The van der Waals surface area contributed by atoms with Crippen LogP contribution in [0.2, 0.25) is 0 Å². The highest BCUT2D eigenvalue weighted by Gasteiger charge is 2.05. The highest BCUT2D eigenvalue weighted by molar-refractivity contribution is 9.10. The average molecular weight is 350 g/mol. The van der Waals surface area contributed by atoms with E-state index in [1.165, 1.54) is 11.1 Å². The number of benzene rings is 1. The molecule has 0 bridgehead atoms. The normalized spacial score (nSPS) is 11.6. The van der Waals surface area contributed by atoms with Crippen molar-refractivity contribution in [1.82, 2.24) is 10.6 Å². The summed E-state index contributed by atoms with van der Waals surface area (Å²) in [5.74, 6) is 0.109. The Kier molecular flexibility index (Phi) is 9.06. The molecule has 0 saturated heterocycles. The Bertz CT molecular complexity index is 412. The summed E-state index contributed by atoms with van der Waals surface area (Å²) in [7, 11) is 1.89. The fourth-order valence-corrected chi connectivity index (χ4v) is 1.82. The first-order valence-electron chi connectivity index (χ1n) is 6.22. The van der Waals surface area contributed by atoms with Crippen molar-refractivity contribution in [2.75, 3.05) is 13.6 Å². The largest absolute Gasteiger partial charge is 0.355 e. The quantitative estimate of drug-likeness (QED) is 0.829. The molecule has 2 N–H and O–H groups in total. The van der Waals surface area contributed by atoms with Crippen LogP contribution in [-0.4, -0.2) is 25.5 Å². The van der Waals surface area contributed by atoms with Gasteiger partial charge in [0, 0.05) is 23.5 Å². The van der Waals surface area contributed by atoms with Crippen molar-refractivity contribution in [3.63, 3.8) is 0 Å². The number of halogens is 2. The number of likely N-dealkylation sites (N-methyl/N-ethyl adjacent to an activating group) is 1. The lowest BCUT2D eigenvalue weighted by atomic mass is 10.1. The molecule has 1 aromatic rings. The van der Waals surface area contributed by atoms with Crippen molar-refractivity contribution in [2.45, 2.75) is 32.7 Å². The van der Waals surface area contributed by atoms with E-state index in [0.29, 0.717) is 19.0 Å². The molecule has 0 aliphatic heterocycles. The second-order valence-electron chi connectivity index (χ2n) is 4.58. The Morgan fingerprint density at radius 1 is 1.42 bits per heavy atom. The zero-order valence-electron chi connectivity index (χ0n) is 11.6. The van der Waals surface area contributed by atoms with Gasteiger partial charge in [-0.2, -0.15) is 0 Å². The lowest BCUT2D eigenvalue weighted by molar-refractivity contribution is -0.121. The number of amides is 1. The van der Waals surface area contributed by atoms with Crippen LogP contribution < -0.4 is 10.6 Å². The van der Waals surface area contributed by atoms with Crippen molar-refractivity contribution in [3.8, 4) is 0 Å². The standard InChI is InChI=1S/C14H21BrN2O.ClH/c1-10-8-12(4-6-13(10)15)5-7-14(18)17-9-11(2)16-3;/h4,6,8,11,16H,5,7,9H2,1-3H3,(H,17,18);1H. The summed E-state index contributed by atoms with van der Waals surface area (Å²) in [5.41, 5.74) is 2.41. The first kappa shape index (κ1) is 18.4. The summed E-state index contributed by atoms with van der Waals surface area (Å²) >= 11 is 3.47. The van der Waals surface area contributed by atoms with Crippen LogP contribution in [0, 0.1) is 6.92 Å². The van der Waals surface area contributed by atoms with Gasteiger partial charge in [-0.1, -0.05) is 28.1 Å². The van der Waals surface area contributed by atoms with E-state index >= 15 is 0 Å². The zero-order chi connectivity index (χ0) is 13.5. The molecule has 0 heterocycles. The lowest BCUT2D eigenvalue weighted by Gasteiger charge is -2.11. The van der Waals surface area contributed by atoms with Crippen LogP contribution in [0.1, 0.15) is 24.5 Å². The SMILES string of the molecule is CNC(C)CNC(=O)CCc1ccc(Br)c(C)c1.Cl. The molecule has 1 unspecified atom stereocenters. The van der Waals surface area contributed by atoms with E-state index in [1.54, 1.807) is 0 Å². The van der Waals surface area contributed by atoms with Crippen molar-refractivity contribution in [3.05, 3.63) is 33.8 Å². The monoisotopic (exact) mass is 348 g/mol. The van der Waals surface area contributed by atoms with Crippen molar-refractivity contribution >= 4 is 34.2 Å². The molecule has 108 valence electrons. The number of rotatable bonds is 6. The summed E-state index contributed by atoms with van der Waals surface area (Å²) in [4.78, 5) is 11.6. The first-order chi connectivity index (χ1) is 8.52. The maximum absolute atomic E-state index is 11.6. The number of nitrogens with one attached hydrogen (secondary N) is 2. The fourth-order valence-electron chi connectivity index (χ4n) is 1.58. The number of carbonyl (C=O) groups excluding carboxylic acids is 1. The summed E-state index contributed by atoms with van der Waals surface area (Å²) in [6, 6.07) is 6.52. The molecule has 3 nitrogen and oxygen atoms in total. The Labute approximate surface area is 130 Å². The van der Waals surface area contributed by atoms with Gasteiger partial charge in [0.15, 0.2) is 0 Å². The molecule has 0 fully saturated rings. The Hall–Kier alpha value is -0.580. The molecular weight excluding hydrogens is 328 g/mol. The molecule has 0 saturated carbocycles. The average Bonchev–Trinajstić information content (AvgIpc) is 2.37. The topological polar surface area (TPSA) is 41.1 Å². The van der Waals surface area contributed by atoms with Crippen molar-refractivity contribution in [2.24, 2.45) is 0 Å². The van der Waals surface area contributed by atoms with Gasteiger partial charge in [0.1, 0.15) is 0 Å². The van der Waals surface area contributed by atoms with Crippen LogP contribution in [0.3, 0.4) is 0 Å². The van der Waals surface area contributed by atoms with Crippen LogP contribution in [-0.2, 0) is 11.2 Å². The number of hydrogen-bond acceptors (Lipinski definition) is 2. The zero-order valence-corrected chi connectivity index (χ0v) is 14.0. The molecule has 0 radical (unpaired) electrons. The van der Waals surface area contributed by atoms with E-state index in [9.17, 15) is 4.79 Å². The lowest BCUT2D eigenvalue weighted by Crippen LogP contribution is -2.37. The smallest absolute Gasteiger partial charge is 0.220 e. The molecule has 1 rings (SSSR count). The summed E-state index contributed by atoms with van der Waals surface area (Å²) < 4.78 is 1.11. The molecule has 0 aromatic heterocycles. The molecule has 0 aliphatic rings. The molecule has 1 atom stereocenters. The van der Waals surface area contributed by atoms with Gasteiger partial charge >= 0.3 is 0 Å². The van der Waals surface area contributed by atoms with Crippen LogP contribution in [0.4, 0.5) is 0 Å². The van der Waals surface area contributed by atoms with Crippen molar-refractivity contribution < 1.29 is 4.79 Å². The van der Waals surface area contributed by atoms with Gasteiger partial charge in [-0.15, -0.1) is 12.4 Å². The van der Waals surface area contributed by atoms with E-state index in [-0.39, 0.29) is 18.3 Å². The number of aryl methyl sites for hydroxylation is 2. The van der Waals surface area contributed by atoms with E-state index < -0.39 is 0 Å². The van der Waals surface area contributed by atoms with Gasteiger partial charge in [-0.3, -0.25) is 4.79 Å². The van der Waals surface area contributed by atoms with Crippen LogP contribution in [0.5, 0.6) is 0 Å². The third kappa shape index (κ3) is 6.95. The summed E-state index contributed by atoms with van der Waals surface area (Å²) in [5, 5.41) is 6.01. The molecule has 5 heteroatoms. The minimum Gasteiger partial charge on any atom is -0.355 e. The van der Waals surface area contributed by atoms with Gasteiger partial charge in [-0.05, 0) is 44.5 Å². The molecule has 1 aromatic carbocycles. The Morgan fingerprint density at radius 3 is 2.68 bits per heavy atom. The van der Waals surface area contributed by atoms with Gasteiger partial charge in [0.25, 0.3) is 0 Å². The van der Waals surface area contributed by atoms with Crippen LogP contribution in [0.15, 0.2) is 22.7 Å². The number of hydrogen-bond donors (Lipinski definition) is 2. The van der Waals surface area contributed by atoms with Crippen LogP contribution >= 0.6 is 28.3 Å². The highest BCUT2D eigenvalue weighted by Crippen LogP contribution is 2.17. The number of carbonyl (C=O) groups is 1. The molecular formula is C14H22BrClN2O. The minimum absolute atomic E-state index is 0. The predicted molar refractivity (Wildman–Crippen MR) is 86.0 cm³/mol. The minimum atomic E-state index is 0. The maximum atomic E-state index is 11.6. The van der Waals surface area contributed by atoms with Crippen LogP contribution in [0.25, 0.3) is 0 Å². The third-order valence-corrected chi connectivity index (χ3v) is 3.85. The highest BCUT2D eigenvalue weighted by atomic mass is 79.9. The molecule has 19 heavy (non-hydrogen) atoms.